The third-order valence-electron chi connectivity index (χ3n) is 3.87. The van der Waals surface area contributed by atoms with E-state index < -0.39 is 0 Å². The fraction of sp³-hybridized carbons (Fsp3) is 0.412. The number of aryl methyl sites for hydroxylation is 2. The molecule has 0 unspecified atom stereocenters. The molecule has 0 bridgehead atoms. The summed E-state index contributed by atoms with van der Waals surface area (Å²) in [7, 11) is 1.69. The van der Waals surface area contributed by atoms with Crippen LogP contribution in [0.25, 0.3) is 0 Å². The van der Waals surface area contributed by atoms with E-state index in [9.17, 15) is 4.79 Å². The van der Waals surface area contributed by atoms with Crippen molar-refractivity contribution in [1.29, 1.82) is 0 Å². The maximum absolute atomic E-state index is 12.6. The van der Waals surface area contributed by atoms with Gasteiger partial charge in [0.25, 0.3) is 0 Å². The molecule has 2 heterocycles. The number of hydrogen-bond donors (Lipinski definition) is 0. The van der Waals surface area contributed by atoms with Crippen LogP contribution in [0, 0.1) is 20.8 Å². The molecule has 2 aromatic rings. The Morgan fingerprint density at radius 2 is 2.05 bits per heavy atom. The third kappa shape index (κ3) is 3.39. The molecule has 112 valence electrons. The van der Waals surface area contributed by atoms with Crippen LogP contribution < -0.4 is 4.57 Å². The van der Waals surface area contributed by atoms with E-state index in [1.165, 1.54) is 0 Å². The highest BCUT2D eigenvalue weighted by Gasteiger charge is 2.19. The average molecular weight is 287 g/mol. The molecule has 0 saturated carbocycles. The van der Waals surface area contributed by atoms with Gasteiger partial charge in [0, 0.05) is 49.7 Å². The van der Waals surface area contributed by atoms with Gasteiger partial charge in [-0.3, -0.25) is 4.79 Å². The van der Waals surface area contributed by atoms with Crippen molar-refractivity contribution in [3.63, 3.8) is 0 Å². The van der Waals surface area contributed by atoms with Crippen LogP contribution in [0.3, 0.4) is 0 Å². The topological polar surface area (TPSA) is 35.1 Å². The quantitative estimate of drug-likeness (QED) is 0.603. The summed E-state index contributed by atoms with van der Waals surface area (Å²) in [5.74, 6) is 0.145. The van der Waals surface area contributed by atoms with Crippen molar-refractivity contribution in [2.45, 2.75) is 33.9 Å². The lowest BCUT2D eigenvalue weighted by Crippen LogP contribution is -2.40. The molecule has 0 N–H and O–H groups in total. The van der Waals surface area contributed by atoms with Crippen molar-refractivity contribution in [2.75, 3.05) is 13.7 Å². The summed E-state index contributed by atoms with van der Waals surface area (Å²) >= 11 is 0. The van der Waals surface area contributed by atoms with Gasteiger partial charge in [-0.2, -0.15) is 4.57 Å². The van der Waals surface area contributed by atoms with Gasteiger partial charge in [-0.05, 0) is 19.9 Å². The van der Waals surface area contributed by atoms with Gasteiger partial charge in [-0.25, -0.2) is 0 Å². The number of nitrogens with zero attached hydrogens (tertiary/aromatic N) is 2. The molecule has 2 rings (SSSR count). The van der Waals surface area contributed by atoms with Gasteiger partial charge in [-0.1, -0.05) is 6.07 Å². The van der Waals surface area contributed by atoms with E-state index in [4.69, 9.17) is 4.74 Å². The van der Waals surface area contributed by atoms with Crippen LogP contribution in [0.4, 0.5) is 0 Å². The first-order chi connectivity index (χ1) is 10.0. The minimum Gasteiger partial charge on any atom is -0.383 e. The molecule has 0 radical (unpaired) electrons. The molecule has 0 fully saturated rings. The van der Waals surface area contributed by atoms with Crippen LogP contribution in [0.5, 0.6) is 0 Å². The molecule has 0 amide bonds. The lowest BCUT2D eigenvalue weighted by Gasteiger charge is -2.08. The molecule has 2 aromatic heterocycles. The minimum atomic E-state index is 0.145. The Balaban J connectivity index is 2.22. The van der Waals surface area contributed by atoms with Gasteiger partial charge >= 0.3 is 0 Å². The van der Waals surface area contributed by atoms with Crippen molar-refractivity contribution in [2.24, 2.45) is 0 Å². The smallest absolute Gasteiger partial charge is 0.229 e. The molecule has 0 aliphatic heterocycles. The summed E-state index contributed by atoms with van der Waals surface area (Å²) in [5, 5.41) is 0. The summed E-state index contributed by atoms with van der Waals surface area (Å²) in [6, 6.07) is 7.91. The number of pyridine rings is 1. The van der Waals surface area contributed by atoms with E-state index in [0.29, 0.717) is 13.2 Å². The monoisotopic (exact) mass is 287 g/mol. The summed E-state index contributed by atoms with van der Waals surface area (Å²) < 4.78 is 9.24. The van der Waals surface area contributed by atoms with E-state index in [1.807, 2.05) is 55.8 Å². The summed E-state index contributed by atoms with van der Waals surface area (Å²) in [6.45, 7) is 7.84. The number of ether oxygens (including phenoxy) is 1. The summed E-state index contributed by atoms with van der Waals surface area (Å²) in [6.07, 6.45) is 1.94. The van der Waals surface area contributed by atoms with E-state index in [0.717, 1.165) is 29.2 Å². The van der Waals surface area contributed by atoms with Crippen molar-refractivity contribution in [3.05, 3.63) is 53.1 Å². The minimum absolute atomic E-state index is 0.145. The van der Waals surface area contributed by atoms with Crippen LogP contribution >= 0.6 is 0 Å². The van der Waals surface area contributed by atoms with Crippen molar-refractivity contribution in [3.8, 4) is 0 Å². The van der Waals surface area contributed by atoms with Crippen molar-refractivity contribution >= 4 is 5.78 Å². The molecule has 4 nitrogen and oxygen atoms in total. The molecular formula is C17H23N2O2+. The predicted molar refractivity (Wildman–Crippen MR) is 81.5 cm³/mol. The van der Waals surface area contributed by atoms with Crippen molar-refractivity contribution in [1.82, 2.24) is 4.57 Å². The largest absolute Gasteiger partial charge is 0.383 e. The Hall–Kier alpha value is -1.94. The second kappa shape index (κ2) is 6.68. The third-order valence-corrected chi connectivity index (χ3v) is 3.87. The van der Waals surface area contributed by atoms with Gasteiger partial charge < -0.3 is 9.30 Å². The predicted octanol–water partition coefficient (Wildman–Crippen LogP) is 2.23. The lowest BCUT2D eigenvalue weighted by atomic mass is 10.1. The number of carbonyl (C=O) groups excluding carboxylic acids is 1. The number of hydrogen-bond acceptors (Lipinski definition) is 2. The number of Topliss-reactive ketones (excluding diaryl/α,β-unsaturated/α-hetero) is 1. The van der Waals surface area contributed by atoms with E-state index >= 15 is 0 Å². The highest BCUT2D eigenvalue weighted by molar-refractivity contribution is 5.96. The van der Waals surface area contributed by atoms with Crippen LogP contribution in [-0.4, -0.2) is 24.1 Å². The van der Waals surface area contributed by atoms with Crippen LogP contribution in [0.15, 0.2) is 30.5 Å². The van der Waals surface area contributed by atoms with Crippen molar-refractivity contribution < 1.29 is 14.1 Å². The molecule has 0 spiro atoms. The summed E-state index contributed by atoms with van der Waals surface area (Å²) in [5.41, 5.74) is 4.00. The number of rotatable bonds is 6. The van der Waals surface area contributed by atoms with Gasteiger partial charge in [0.2, 0.25) is 12.3 Å². The maximum atomic E-state index is 12.6. The van der Waals surface area contributed by atoms with E-state index in [-0.39, 0.29) is 5.78 Å². The zero-order chi connectivity index (χ0) is 15.4. The van der Waals surface area contributed by atoms with Gasteiger partial charge in [0.15, 0.2) is 11.9 Å². The SMILES string of the molecule is COCCn1c(C)cc(C(=O)C[n+]2ccccc2C)c1C. The molecular weight excluding hydrogens is 264 g/mol. The molecule has 21 heavy (non-hydrogen) atoms. The maximum Gasteiger partial charge on any atom is 0.229 e. The fourth-order valence-electron chi connectivity index (χ4n) is 2.59. The van der Waals surface area contributed by atoms with Gasteiger partial charge in [0.05, 0.1) is 6.61 Å². The molecule has 0 aliphatic carbocycles. The molecule has 0 atom stereocenters. The first-order valence-electron chi connectivity index (χ1n) is 7.18. The highest BCUT2D eigenvalue weighted by atomic mass is 16.5. The second-order valence-corrected chi connectivity index (χ2v) is 5.32. The van der Waals surface area contributed by atoms with Gasteiger partial charge in [0.1, 0.15) is 0 Å². The first-order valence-corrected chi connectivity index (χ1v) is 7.18. The second-order valence-electron chi connectivity index (χ2n) is 5.32. The highest BCUT2D eigenvalue weighted by Crippen LogP contribution is 2.15. The fourth-order valence-corrected chi connectivity index (χ4v) is 2.59. The normalized spacial score (nSPS) is 10.9. The average Bonchev–Trinajstić information content (AvgIpc) is 2.74. The molecule has 0 saturated heterocycles. The van der Waals surface area contributed by atoms with E-state index in [1.54, 1.807) is 7.11 Å². The molecule has 0 aliphatic rings. The van der Waals surface area contributed by atoms with Gasteiger partial charge in [-0.15, -0.1) is 0 Å². The standard InChI is InChI=1S/C17H23N2O2/c1-13-7-5-6-8-18(13)12-17(20)16-11-14(2)19(15(16)3)9-10-21-4/h5-8,11H,9-10,12H2,1-4H3/q+1. The number of aromatic nitrogens is 2. The Kier molecular flexibility index (Phi) is 4.91. The Labute approximate surface area is 126 Å². The van der Waals surface area contributed by atoms with E-state index in [2.05, 4.69) is 4.57 Å². The zero-order valence-corrected chi connectivity index (χ0v) is 13.2. The molecule has 4 heteroatoms. The lowest BCUT2D eigenvalue weighted by molar-refractivity contribution is -0.689. The van der Waals surface area contributed by atoms with Crippen LogP contribution in [0.1, 0.15) is 27.4 Å². The number of carbonyl (C=O) groups is 1. The Morgan fingerprint density at radius 1 is 1.29 bits per heavy atom. The van der Waals surface area contributed by atoms with Crippen LogP contribution in [0.2, 0.25) is 0 Å². The Morgan fingerprint density at radius 3 is 2.71 bits per heavy atom. The number of methoxy groups -OCH3 is 1. The first kappa shape index (κ1) is 15.4. The number of ketones is 1. The Bertz CT molecular complexity index is 644. The summed E-state index contributed by atoms with van der Waals surface area (Å²) in [4.78, 5) is 12.6. The van der Waals surface area contributed by atoms with Crippen LogP contribution in [-0.2, 0) is 17.8 Å². The molecule has 0 aromatic carbocycles. The zero-order valence-electron chi connectivity index (χ0n) is 13.2.